The minimum Gasteiger partial charge on any atom is -0.330 e. The van der Waals surface area contributed by atoms with Crippen LogP contribution in [0.5, 0.6) is 0 Å². The van der Waals surface area contributed by atoms with E-state index in [1.807, 2.05) is 35.9 Å². The number of sulfonamides is 1. The molecule has 1 aliphatic rings. The average Bonchev–Trinajstić information content (AvgIpc) is 3.04. The summed E-state index contributed by atoms with van der Waals surface area (Å²) in [5.41, 5.74) is 1.96. The first-order valence-corrected chi connectivity index (χ1v) is 8.85. The smallest absolute Gasteiger partial charge is 0.217 e. The Bertz CT molecular complexity index is 764. The van der Waals surface area contributed by atoms with E-state index in [2.05, 4.69) is 4.98 Å². The fourth-order valence-electron chi connectivity index (χ4n) is 3.04. The molecule has 0 N–H and O–H groups in total. The third-order valence-corrected chi connectivity index (χ3v) is 6.53. The zero-order chi connectivity index (χ0) is 15.2. The predicted octanol–water partition coefficient (Wildman–Crippen LogP) is 2.45. The Morgan fingerprint density at radius 1 is 1.29 bits per heavy atom. The van der Waals surface area contributed by atoms with E-state index in [1.54, 1.807) is 18.2 Å². The average molecular weight is 307 g/mol. The Kier molecular flexibility index (Phi) is 3.53. The maximum Gasteiger partial charge on any atom is 0.217 e. The zero-order valence-corrected chi connectivity index (χ0v) is 13.5. The van der Waals surface area contributed by atoms with Crippen LogP contribution in [0.4, 0.5) is 0 Å². The normalized spacial score (nSPS) is 20.7. The van der Waals surface area contributed by atoms with Crippen molar-refractivity contribution in [2.24, 2.45) is 7.05 Å². The van der Waals surface area contributed by atoms with Crippen LogP contribution in [0, 0.1) is 0 Å². The van der Waals surface area contributed by atoms with Gasteiger partial charge < -0.3 is 4.57 Å². The molecule has 5 nitrogen and oxygen atoms in total. The maximum atomic E-state index is 12.5. The van der Waals surface area contributed by atoms with Gasteiger partial charge in [-0.25, -0.2) is 13.4 Å². The molecular formula is C15H21N3O2S. The highest BCUT2D eigenvalue weighted by Gasteiger charge is 2.38. The Morgan fingerprint density at radius 2 is 2.00 bits per heavy atom. The molecule has 0 radical (unpaired) electrons. The van der Waals surface area contributed by atoms with Crippen molar-refractivity contribution in [3.63, 3.8) is 0 Å². The highest BCUT2D eigenvalue weighted by molar-refractivity contribution is 7.89. The highest BCUT2D eigenvalue weighted by atomic mass is 32.2. The third kappa shape index (κ3) is 2.26. The molecule has 21 heavy (non-hydrogen) atoms. The molecule has 2 heterocycles. The predicted molar refractivity (Wildman–Crippen MR) is 83.5 cm³/mol. The molecule has 1 atom stereocenters. The van der Waals surface area contributed by atoms with Gasteiger partial charge in [0.15, 0.2) is 0 Å². The van der Waals surface area contributed by atoms with Gasteiger partial charge in [-0.05, 0) is 38.8 Å². The largest absolute Gasteiger partial charge is 0.330 e. The molecule has 0 spiro atoms. The molecule has 1 aliphatic heterocycles. The summed E-state index contributed by atoms with van der Waals surface area (Å²) in [7, 11) is -1.29. The summed E-state index contributed by atoms with van der Waals surface area (Å²) >= 11 is 0. The fourth-order valence-corrected chi connectivity index (χ4v) is 4.52. The van der Waals surface area contributed by atoms with Crippen LogP contribution in [0.2, 0.25) is 0 Å². The van der Waals surface area contributed by atoms with Gasteiger partial charge in [0, 0.05) is 13.6 Å². The molecular weight excluding hydrogens is 286 g/mol. The lowest BCUT2D eigenvalue weighted by molar-refractivity contribution is 0.374. The Labute approximate surface area is 125 Å². The van der Waals surface area contributed by atoms with Gasteiger partial charge in [-0.15, -0.1) is 0 Å². The standard InChI is InChI=1S/C15H21N3O2S/c1-11(2)21(19,20)18-10-6-9-14(18)15-16-12-7-4-5-8-13(12)17(15)3/h4-5,7-8,11,14H,6,9-10H2,1-3H3/t14-/m1/s1. The SMILES string of the molecule is CC(C)S(=O)(=O)N1CCC[C@@H]1c1nc2ccccc2n1C. The van der Waals surface area contributed by atoms with Gasteiger partial charge in [-0.3, -0.25) is 0 Å². The number of benzene rings is 1. The summed E-state index contributed by atoms with van der Waals surface area (Å²) in [5.74, 6) is 0.845. The highest BCUT2D eigenvalue weighted by Crippen LogP contribution is 2.35. The van der Waals surface area contributed by atoms with Crippen molar-refractivity contribution in [2.75, 3.05) is 6.54 Å². The number of hydrogen-bond donors (Lipinski definition) is 0. The lowest BCUT2D eigenvalue weighted by Crippen LogP contribution is -2.36. The molecule has 1 fully saturated rings. The molecule has 114 valence electrons. The lowest BCUT2D eigenvalue weighted by Gasteiger charge is -2.25. The molecule has 0 aliphatic carbocycles. The molecule has 0 amide bonds. The van der Waals surface area contributed by atoms with Gasteiger partial charge >= 0.3 is 0 Å². The monoisotopic (exact) mass is 307 g/mol. The molecule has 6 heteroatoms. The van der Waals surface area contributed by atoms with Gasteiger partial charge in [-0.1, -0.05) is 12.1 Å². The number of nitrogens with zero attached hydrogens (tertiary/aromatic N) is 3. The number of imidazole rings is 1. The van der Waals surface area contributed by atoms with E-state index in [1.165, 1.54) is 0 Å². The lowest BCUT2D eigenvalue weighted by atomic mass is 10.2. The summed E-state index contributed by atoms with van der Waals surface area (Å²) in [6.07, 6.45) is 1.73. The van der Waals surface area contributed by atoms with Crippen molar-refractivity contribution in [3.05, 3.63) is 30.1 Å². The van der Waals surface area contributed by atoms with Crippen LogP contribution >= 0.6 is 0 Å². The second kappa shape index (κ2) is 5.10. The van der Waals surface area contributed by atoms with E-state index in [9.17, 15) is 8.42 Å². The van der Waals surface area contributed by atoms with Crippen molar-refractivity contribution in [2.45, 2.75) is 38.0 Å². The van der Waals surface area contributed by atoms with E-state index in [-0.39, 0.29) is 6.04 Å². The summed E-state index contributed by atoms with van der Waals surface area (Å²) in [4.78, 5) is 4.67. The molecule has 2 aromatic rings. The van der Waals surface area contributed by atoms with Crippen LogP contribution in [0.25, 0.3) is 11.0 Å². The van der Waals surface area contributed by atoms with E-state index in [0.29, 0.717) is 6.54 Å². The molecule has 0 bridgehead atoms. The topological polar surface area (TPSA) is 55.2 Å². The number of rotatable bonds is 3. The third-order valence-electron chi connectivity index (χ3n) is 4.25. The quantitative estimate of drug-likeness (QED) is 0.875. The number of aromatic nitrogens is 2. The van der Waals surface area contributed by atoms with Gasteiger partial charge in [-0.2, -0.15) is 4.31 Å². The molecule has 1 aromatic heterocycles. The van der Waals surface area contributed by atoms with Crippen LogP contribution in [0.3, 0.4) is 0 Å². The fraction of sp³-hybridized carbons (Fsp3) is 0.533. The maximum absolute atomic E-state index is 12.5. The molecule has 0 unspecified atom stereocenters. The summed E-state index contributed by atoms with van der Waals surface area (Å²) in [6, 6.07) is 7.77. The molecule has 0 saturated carbocycles. The van der Waals surface area contributed by atoms with Crippen LogP contribution in [0.1, 0.15) is 38.6 Å². The van der Waals surface area contributed by atoms with Crippen molar-refractivity contribution in [1.82, 2.24) is 13.9 Å². The number of fused-ring (bicyclic) bond motifs is 1. The second-order valence-electron chi connectivity index (χ2n) is 5.88. The summed E-state index contributed by atoms with van der Waals surface area (Å²) in [6.45, 7) is 4.06. The van der Waals surface area contributed by atoms with Gasteiger partial charge in [0.25, 0.3) is 0 Å². The molecule has 1 aromatic carbocycles. The minimum atomic E-state index is -3.25. The van der Waals surface area contributed by atoms with Crippen LogP contribution in [0.15, 0.2) is 24.3 Å². The summed E-state index contributed by atoms with van der Waals surface area (Å²) in [5, 5.41) is -0.396. The van der Waals surface area contributed by atoms with Crippen molar-refractivity contribution in [1.29, 1.82) is 0 Å². The second-order valence-corrected chi connectivity index (χ2v) is 8.32. The van der Waals surface area contributed by atoms with E-state index in [0.717, 1.165) is 29.7 Å². The summed E-state index contributed by atoms with van der Waals surface area (Å²) < 4.78 is 28.7. The van der Waals surface area contributed by atoms with E-state index < -0.39 is 15.3 Å². The van der Waals surface area contributed by atoms with Crippen LogP contribution < -0.4 is 0 Å². The number of para-hydroxylation sites is 2. The minimum absolute atomic E-state index is 0.144. The van der Waals surface area contributed by atoms with E-state index >= 15 is 0 Å². The van der Waals surface area contributed by atoms with E-state index in [4.69, 9.17) is 0 Å². The van der Waals surface area contributed by atoms with Crippen molar-refractivity contribution < 1.29 is 8.42 Å². The first-order chi connectivity index (χ1) is 9.93. The van der Waals surface area contributed by atoms with Crippen LogP contribution in [-0.4, -0.2) is 34.1 Å². The Morgan fingerprint density at radius 3 is 2.67 bits per heavy atom. The number of aryl methyl sites for hydroxylation is 1. The van der Waals surface area contributed by atoms with Gasteiger partial charge in [0.1, 0.15) is 5.82 Å². The van der Waals surface area contributed by atoms with Gasteiger partial charge in [0.05, 0.1) is 22.3 Å². The van der Waals surface area contributed by atoms with Crippen molar-refractivity contribution >= 4 is 21.1 Å². The van der Waals surface area contributed by atoms with Crippen molar-refractivity contribution in [3.8, 4) is 0 Å². The van der Waals surface area contributed by atoms with Gasteiger partial charge in [0.2, 0.25) is 10.0 Å². The first kappa shape index (κ1) is 14.5. The number of hydrogen-bond acceptors (Lipinski definition) is 3. The Balaban J connectivity index is 2.07. The van der Waals surface area contributed by atoms with Crippen LogP contribution in [-0.2, 0) is 17.1 Å². The Hall–Kier alpha value is -1.40. The zero-order valence-electron chi connectivity index (χ0n) is 12.7. The molecule has 1 saturated heterocycles. The molecule has 3 rings (SSSR count). The first-order valence-electron chi connectivity index (χ1n) is 7.35.